The summed E-state index contributed by atoms with van der Waals surface area (Å²) < 4.78 is 27.0. The van der Waals surface area contributed by atoms with Crippen molar-refractivity contribution in [2.24, 2.45) is 5.10 Å². The first-order valence-corrected chi connectivity index (χ1v) is 8.09. The van der Waals surface area contributed by atoms with Gasteiger partial charge in [0.2, 0.25) is 0 Å². The summed E-state index contributed by atoms with van der Waals surface area (Å²) in [5.74, 6) is 0.693. The van der Waals surface area contributed by atoms with Gasteiger partial charge in [0.15, 0.2) is 11.5 Å². The molecule has 3 rings (SSSR count). The van der Waals surface area contributed by atoms with E-state index in [4.69, 9.17) is 9.47 Å². The summed E-state index contributed by atoms with van der Waals surface area (Å²) >= 11 is 3.46. The van der Waals surface area contributed by atoms with Crippen molar-refractivity contribution < 1.29 is 13.9 Å². The van der Waals surface area contributed by atoms with Gasteiger partial charge < -0.3 is 9.47 Å². The number of halogens is 2. The van der Waals surface area contributed by atoms with Crippen LogP contribution >= 0.6 is 15.9 Å². The zero-order valence-electron chi connectivity index (χ0n) is 13.3. The van der Waals surface area contributed by atoms with Crippen molar-refractivity contribution in [3.05, 3.63) is 70.5 Å². The third-order valence-electron chi connectivity index (χ3n) is 3.33. The Morgan fingerprint density at radius 1 is 1.24 bits per heavy atom. The molecule has 0 saturated heterocycles. The van der Waals surface area contributed by atoms with Gasteiger partial charge in [-0.2, -0.15) is 5.10 Å². The summed E-state index contributed by atoms with van der Waals surface area (Å²) in [6.45, 7) is 0.0930. The zero-order chi connectivity index (χ0) is 17.6. The van der Waals surface area contributed by atoms with Crippen molar-refractivity contribution in [1.82, 2.24) is 14.9 Å². The molecule has 0 aliphatic rings. The molecule has 25 heavy (non-hydrogen) atoms. The highest BCUT2D eigenvalue weighted by Gasteiger charge is 2.12. The van der Waals surface area contributed by atoms with E-state index in [0.717, 1.165) is 5.56 Å². The molecule has 0 atom stereocenters. The first-order chi connectivity index (χ1) is 12.2. The van der Waals surface area contributed by atoms with E-state index in [-0.39, 0.29) is 12.4 Å². The van der Waals surface area contributed by atoms with E-state index in [2.05, 4.69) is 31.2 Å². The van der Waals surface area contributed by atoms with Gasteiger partial charge in [-0.3, -0.25) is 0 Å². The maximum absolute atomic E-state index is 13.7. The van der Waals surface area contributed by atoms with Gasteiger partial charge in [-0.1, -0.05) is 18.2 Å². The fourth-order valence-electron chi connectivity index (χ4n) is 2.11. The summed E-state index contributed by atoms with van der Waals surface area (Å²) in [6, 6.07) is 10.1. The summed E-state index contributed by atoms with van der Waals surface area (Å²) in [5.41, 5.74) is 1.25. The van der Waals surface area contributed by atoms with Crippen molar-refractivity contribution in [1.29, 1.82) is 0 Å². The van der Waals surface area contributed by atoms with Gasteiger partial charge in [0.05, 0.1) is 17.8 Å². The van der Waals surface area contributed by atoms with Crippen LogP contribution in [0.15, 0.2) is 58.6 Å². The molecule has 0 radical (unpaired) electrons. The molecule has 0 fully saturated rings. The van der Waals surface area contributed by atoms with Gasteiger partial charge in [-0.05, 0) is 39.7 Å². The average Bonchev–Trinajstić information content (AvgIpc) is 3.13. The smallest absolute Gasteiger partial charge is 0.175 e. The second-order valence-electron chi connectivity index (χ2n) is 5.00. The van der Waals surface area contributed by atoms with E-state index in [1.54, 1.807) is 37.6 Å². The Kier molecular flexibility index (Phi) is 5.39. The number of ether oxygens (including phenoxy) is 2. The van der Waals surface area contributed by atoms with E-state index in [0.29, 0.717) is 21.5 Å². The van der Waals surface area contributed by atoms with Gasteiger partial charge in [0.25, 0.3) is 0 Å². The standard InChI is InChI=1S/C17H14BrFN4O2/c1-24-16-7-12(8-22-23-10-20-21-11-23)6-14(18)17(16)25-9-13-4-2-3-5-15(13)19/h2-8,10-11H,9H2,1H3/b22-8+. The normalized spacial score (nSPS) is 11.0. The lowest BCUT2D eigenvalue weighted by Gasteiger charge is -2.13. The van der Waals surface area contributed by atoms with E-state index in [1.165, 1.54) is 23.4 Å². The summed E-state index contributed by atoms with van der Waals surface area (Å²) in [7, 11) is 1.54. The number of rotatable bonds is 6. The topological polar surface area (TPSA) is 61.5 Å². The second kappa shape index (κ2) is 7.89. The highest BCUT2D eigenvalue weighted by molar-refractivity contribution is 9.10. The molecule has 1 heterocycles. The number of benzene rings is 2. The van der Waals surface area contributed by atoms with Crippen LogP contribution in [0.2, 0.25) is 0 Å². The molecule has 0 N–H and O–H groups in total. The molecule has 6 nitrogen and oxygen atoms in total. The van der Waals surface area contributed by atoms with Crippen LogP contribution in [0.1, 0.15) is 11.1 Å². The van der Waals surface area contributed by atoms with Crippen molar-refractivity contribution in [2.75, 3.05) is 7.11 Å². The maximum Gasteiger partial charge on any atom is 0.175 e. The Labute approximate surface area is 152 Å². The second-order valence-corrected chi connectivity index (χ2v) is 5.85. The van der Waals surface area contributed by atoms with E-state index in [9.17, 15) is 4.39 Å². The molecule has 2 aromatic carbocycles. The monoisotopic (exact) mass is 404 g/mol. The zero-order valence-corrected chi connectivity index (χ0v) is 14.9. The van der Waals surface area contributed by atoms with Gasteiger partial charge in [-0.15, -0.1) is 10.2 Å². The predicted molar refractivity (Wildman–Crippen MR) is 94.4 cm³/mol. The lowest BCUT2D eigenvalue weighted by atomic mass is 10.2. The minimum atomic E-state index is -0.310. The maximum atomic E-state index is 13.7. The van der Waals surface area contributed by atoms with Gasteiger partial charge >= 0.3 is 0 Å². The first-order valence-electron chi connectivity index (χ1n) is 7.30. The van der Waals surface area contributed by atoms with Gasteiger partial charge in [0, 0.05) is 5.56 Å². The largest absolute Gasteiger partial charge is 0.493 e. The van der Waals surface area contributed by atoms with Crippen molar-refractivity contribution in [3.63, 3.8) is 0 Å². The molecular weight excluding hydrogens is 391 g/mol. The fourth-order valence-corrected chi connectivity index (χ4v) is 2.68. The lowest BCUT2D eigenvalue weighted by Crippen LogP contribution is -2.01. The van der Waals surface area contributed by atoms with Gasteiger partial charge in [-0.25, -0.2) is 9.07 Å². The Bertz CT molecular complexity index is 884. The van der Waals surface area contributed by atoms with Crippen LogP contribution < -0.4 is 9.47 Å². The van der Waals surface area contributed by atoms with Crippen molar-refractivity contribution in [3.8, 4) is 11.5 Å². The van der Waals surface area contributed by atoms with E-state index < -0.39 is 0 Å². The van der Waals surface area contributed by atoms with Crippen LogP contribution in [0.5, 0.6) is 11.5 Å². The number of methoxy groups -OCH3 is 1. The summed E-state index contributed by atoms with van der Waals surface area (Å²) in [5, 5.41) is 11.5. The quantitative estimate of drug-likeness (QED) is 0.588. The molecule has 0 bridgehead atoms. The molecule has 0 saturated carbocycles. The van der Waals surface area contributed by atoms with Crippen LogP contribution in [0.25, 0.3) is 0 Å². The molecular formula is C17H14BrFN4O2. The molecule has 128 valence electrons. The SMILES string of the molecule is COc1cc(/C=N/n2cnnc2)cc(Br)c1OCc1ccccc1F. The highest BCUT2D eigenvalue weighted by Crippen LogP contribution is 2.37. The molecule has 0 amide bonds. The van der Waals surface area contributed by atoms with E-state index >= 15 is 0 Å². The molecule has 0 aliphatic heterocycles. The summed E-state index contributed by atoms with van der Waals surface area (Å²) in [4.78, 5) is 0. The fraction of sp³-hybridized carbons (Fsp3) is 0.118. The average molecular weight is 405 g/mol. The third-order valence-corrected chi connectivity index (χ3v) is 3.92. The van der Waals surface area contributed by atoms with Crippen LogP contribution in [-0.4, -0.2) is 28.2 Å². The number of nitrogens with zero attached hydrogens (tertiary/aromatic N) is 4. The van der Waals surface area contributed by atoms with Crippen molar-refractivity contribution in [2.45, 2.75) is 6.61 Å². The Balaban J connectivity index is 1.81. The molecule has 0 aliphatic carbocycles. The third kappa shape index (κ3) is 4.21. The first kappa shape index (κ1) is 17.1. The molecule has 0 unspecified atom stereocenters. The molecule has 0 spiro atoms. The molecule has 8 heteroatoms. The number of hydrogen-bond acceptors (Lipinski definition) is 5. The summed E-state index contributed by atoms with van der Waals surface area (Å²) in [6.07, 6.45) is 4.60. The number of aromatic nitrogens is 3. The lowest BCUT2D eigenvalue weighted by molar-refractivity contribution is 0.278. The molecule has 3 aromatic rings. The van der Waals surface area contributed by atoms with E-state index in [1.807, 2.05) is 6.07 Å². The Hall–Kier alpha value is -2.74. The van der Waals surface area contributed by atoms with Gasteiger partial charge in [0.1, 0.15) is 25.1 Å². The minimum absolute atomic E-state index is 0.0930. The van der Waals surface area contributed by atoms with Crippen LogP contribution in [-0.2, 0) is 6.61 Å². The minimum Gasteiger partial charge on any atom is -0.493 e. The highest BCUT2D eigenvalue weighted by atomic mass is 79.9. The Morgan fingerprint density at radius 3 is 2.72 bits per heavy atom. The number of hydrogen-bond donors (Lipinski definition) is 0. The van der Waals surface area contributed by atoms with Crippen LogP contribution in [0.3, 0.4) is 0 Å². The van der Waals surface area contributed by atoms with Crippen molar-refractivity contribution >= 4 is 22.1 Å². The van der Waals surface area contributed by atoms with Crippen LogP contribution in [0, 0.1) is 5.82 Å². The Morgan fingerprint density at radius 2 is 2.00 bits per heavy atom. The predicted octanol–water partition coefficient (Wildman–Crippen LogP) is 3.65. The molecule has 1 aromatic heterocycles. The van der Waals surface area contributed by atoms with Crippen LogP contribution in [0.4, 0.5) is 4.39 Å².